The number of rotatable bonds is 1. The smallest absolute Gasteiger partial charge is 0.410 e. The largest absolute Gasteiger partial charge is 0.444 e. The second-order valence-corrected chi connectivity index (χ2v) is 7.44. The van der Waals surface area contributed by atoms with E-state index in [2.05, 4.69) is 42.0 Å². The van der Waals surface area contributed by atoms with Crippen LogP contribution in [0.25, 0.3) is 10.9 Å². The number of nitrogens with zero attached hydrogens (tertiary/aromatic N) is 2. The Morgan fingerprint density at radius 1 is 1.12 bits per heavy atom. The van der Waals surface area contributed by atoms with Crippen molar-refractivity contribution in [2.45, 2.75) is 66.0 Å². The van der Waals surface area contributed by atoms with Gasteiger partial charge < -0.3 is 14.2 Å². The molecule has 1 amide bonds. The molecule has 0 saturated carbocycles. The topological polar surface area (TPSA) is 34.5 Å². The lowest BCUT2D eigenvalue weighted by Gasteiger charge is -2.34. The number of carbonyl (C=O) groups excluding carboxylic acids is 1. The van der Waals surface area contributed by atoms with E-state index >= 15 is 0 Å². The van der Waals surface area contributed by atoms with Gasteiger partial charge in [0.05, 0.1) is 0 Å². The molecule has 1 aromatic heterocycles. The van der Waals surface area contributed by atoms with E-state index in [9.17, 15) is 4.79 Å². The van der Waals surface area contributed by atoms with Crippen LogP contribution in [0, 0.1) is 6.92 Å². The average molecular weight is 344 g/mol. The predicted octanol–water partition coefficient (Wildman–Crippen LogP) is 5.55. The van der Waals surface area contributed by atoms with E-state index in [1.54, 1.807) is 0 Å². The van der Waals surface area contributed by atoms with Gasteiger partial charge in [0.1, 0.15) is 5.60 Å². The lowest BCUT2D eigenvalue weighted by atomic mass is 10.0. The molecular weight excluding hydrogens is 312 g/mol. The van der Waals surface area contributed by atoms with Crippen LogP contribution in [0.1, 0.15) is 59.1 Å². The van der Waals surface area contributed by atoms with Gasteiger partial charge in [-0.15, -0.1) is 0 Å². The van der Waals surface area contributed by atoms with E-state index in [4.69, 9.17) is 4.74 Å². The molecule has 138 valence electrons. The van der Waals surface area contributed by atoms with Crippen LogP contribution in [0.4, 0.5) is 4.79 Å². The standard InChI is InChI=1S/C19H26N2O2.C2H6/c1-14-13-21(17-8-6-5-7-16(14)17)15-9-11-20(12-10-15)18(22)23-19(2,3)4;1-2/h5-8,13,15H,9-12H2,1-4H3;1-2H3. The van der Waals surface area contributed by atoms with Crippen molar-refractivity contribution < 1.29 is 9.53 Å². The third kappa shape index (κ3) is 4.56. The highest BCUT2D eigenvalue weighted by molar-refractivity contribution is 5.83. The van der Waals surface area contributed by atoms with Gasteiger partial charge in [0.15, 0.2) is 0 Å². The van der Waals surface area contributed by atoms with Crippen LogP contribution in [-0.4, -0.2) is 34.3 Å². The minimum absolute atomic E-state index is 0.190. The summed E-state index contributed by atoms with van der Waals surface area (Å²) in [6.07, 6.45) is 4.00. The first-order valence-corrected chi connectivity index (χ1v) is 9.39. The van der Waals surface area contributed by atoms with E-state index in [1.807, 2.05) is 39.5 Å². The molecular formula is C21H32N2O2. The van der Waals surface area contributed by atoms with Crippen LogP contribution in [0.15, 0.2) is 30.5 Å². The molecule has 25 heavy (non-hydrogen) atoms. The Morgan fingerprint density at radius 3 is 2.32 bits per heavy atom. The van der Waals surface area contributed by atoms with E-state index in [0.29, 0.717) is 6.04 Å². The van der Waals surface area contributed by atoms with E-state index in [0.717, 1.165) is 25.9 Å². The molecule has 2 aromatic rings. The minimum Gasteiger partial charge on any atom is -0.444 e. The number of carbonyl (C=O) groups is 1. The molecule has 1 aromatic carbocycles. The number of benzene rings is 1. The van der Waals surface area contributed by atoms with E-state index in [-0.39, 0.29) is 6.09 Å². The number of likely N-dealkylation sites (tertiary alicyclic amines) is 1. The predicted molar refractivity (Wildman–Crippen MR) is 104 cm³/mol. The van der Waals surface area contributed by atoms with Crippen LogP contribution >= 0.6 is 0 Å². The molecule has 1 aliphatic rings. The van der Waals surface area contributed by atoms with Crippen molar-refractivity contribution in [3.05, 3.63) is 36.0 Å². The number of piperidine rings is 1. The summed E-state index contributed by atoms with van der Waals surface area (Å²) in [7, 11) is 0. The molecule has 1 saturated heterocycles. The number of hydrogen-bond acceptors (Lipinski definition) is 2. The molecule has 4 heteroatoms. The summed E-state index contributed by atoms with van der Waals surface area (Å²) in [6, 6.07) is 8.99. The normalized spacial score (nSPS) is 15.7. The Bertz CT molecular complexity index is 704. The van der Waals surface area contributed by atoms with Gasteiger partial charge in [-0.05, 0) is 52.2 Å². The Morgan fingerprint density at radius 2 is 1.72 bits per heavy atom. The fraction of sp³-hybridized carbons (Fsp3) is 0.571. The van der Waals surface area contributed by atoms with Gasteiger partial charge in [0.2, 0.25) is 0 Å². The van der Waals surface area contributed by atoms with Crippen molar-refractivity contribution in [1.82, 2.24) is 9.47 Å². The van der Waals surface area contributed by atoms with E-state index < -0.39 is 5.60 Å². The van der Waals surface area contributed by atoms with Gasteiger partial charge in [-0.3, -0.25) is 0 Å². The summed E-state index contributed by atoms with van der Waals surface area (Å²) >= 11 is 0. The molecule has 2 heterocycles. The van der Waals surface area contributed by atoms with Crippen molar-refractivity contribution >= 4 is 17.0 Å². The summed E-state index contributed by atoms with van der Waals surface area (Å²) in [5.74, 6) is 0. The molecule has 0 spiro atoms. The zero-order chi connectivity index (χ0) is 18.6. The molecule has 0 aliphatic carbocycles. The molecule has 0 atom stereocenters. The zero-order valence-corrected chi connectivity index (χ0v) is 16.5. The first-order valence-electron chi connectivity index (χ1n) is 9.39. The Labute approximate surface area is 151 Å². The average Bonchev–Trinajstić information content (AvgIpc) is 2.93. The van der Waals surface area contributed by atoms with Gasteiger partial charge in [0.25, 0.3) is 0 Å². The van der Waals surface area contributed by atoms with Gasteiger partial charge in [-0.1, -0.05) is 32.0 Å². The fourth-order valence-electron chi connectivity index (χ4n) is 3.34. The summed E-state index contributed by atoms with van der Waals surface area (Å²) in [5, 5.41) is 1.32. The van der Waals surface area contributed by atoms with Crippen molar-refractivity contribution in [2.75, 3.05) is 13.1 Å². The number of aromatic nitrogens is 1. The van der Waals surface area contributed by atoms with Gasteiger partial charge in [0, 0.05) is 36.2 Å². The van der Waals surface area contributed by atoms with Crippen LogP contribution in [0.5, 0.6) is 0 Å². The maximum Gasteiger partial charge on any atom is 0.410 e. The molecule has 3 rings (SSSR count). The third-order valence-electron chi connectivity index (χ3n) is 4.45. The van der Waals surface area contributed by atoms with Gasteiger partial charge in [-0.2, -0.15) is 0 Å². The number of amides is 1. The lowest BCUT2D eigenvalue weighted by Crippen LogP contribution is -2.42. The highest BCUT2D eigenvalue weighted by atomic mass is 16.6. The molecule has 1 fully saturated rings. The van der Waals surface area contributed by atoms with Crippen molar-refractivity contribution in [2.24, 2.45) is 0 Å². The highest BCUT2D eigenvalue weighted by Gasteiger charge is 2.28. The Kier molecular flexibility index (Phi) is 6.15. The first kappa shape index (κ1) is 19.4. The molecule has 0 bridgehead atoms. The number of para-hydroxylation sites is 1. The molecule has 0 N–H and O–H groups in total. The van der Waals surface area contributed by atoms with Crippen LogP contribution in [-0.2, 0) is 4.74 Å². The summed E-state index contributed by atoms with van der Waals surface area (Å²) < 4.78 is 7.86. The second-order valence-electron chi connectivity index (χ2n) is 7.44. The highest BCUT2D eigenvalue weighted by Crippen LogP contribution is 2.30. The first-order chi connectivity index (χ1) is 11.8. The number of fused-ring (bicyclic) bond motifs is 1. The van der Waals surface area contributed by atoms with Crippen LogP contribution < -0.4 is 0 Å². The number of ether oxygens (including phenoxy) is 1. The van der Waals surface area contributed by atoms with Crippen LogP contribution in [0.2, 0.25) is 0 Å². The third-order valence-corrected chi connectivity index (χ3v) is 4.45. The maximum absolute atomic E-state index is 12.2. The van der Waals surface area contributed by atoms with Crippen molar-refractivity contribution in [1.29, 1.82) is 0 Å². The molecule has 1 aliphatic heterocycles. The Balaban J connectivity index is 0.00000109. The Hall–Kier alpha value is -1.97. The summed E-state index contributed by atoms with van der Waals surface area (Å²) in [4.78, 5) is 14.0. The maximum atomic E-state index is 12.2. The van der Waals surface area contributed by atoms with E-state index in [1.165, 1.54) is 16.5 Å². The number of hydrogen-bond donors (Lipinski definition) is 0. The minimum atomic E-state index is -0.429. The quantitative estimate of drug-likeness (QED) is 0.680. The summed E-state index contributed by atoms with van der Waals surface area (Å²) in [6.45, 7) is 13.4. The van der Waals surface area contributed by atoms with Gasteiger partial charge >= 0.3 is 6.09 Å². The lowest BCUT2D eigenvalue weighted by molar-refractivity contribution is 0.0189. The number of aryl methyl sites for hydroxylation is 1. The molecule has 0 radical (unpaired) electrons. The zero-order valence-electron chi connectivity index (χ0n) is 16.5. The summed E-state index contributed by atoms with van der Waals surface area (Å²) in [5.41, 5.74) is 2.18. The molecule has 4 nitrogen and oxygen atoms in total. The SMILES string of the molecule is CC.Cc1cn(C2CCN(C(=O)OC(C)(C)C)CC2)c2ccccc12. The van der Waals surface area contributed by atoms with Crippen molar-refractivity contribution in [3.63, 3.8) is 0 Å². The second kappa shape index (κ2) is 7.94. The molecule has 0 unspecified atom stereocenters. The van der Waals surface area contributed by atoms with Gasteiger partial charge in [-0.25, -0.2) is 4.79 Å². The monoisotopic (exact) mass is 344 g/mol. The fourth-order valence-corrected chi connectivity index (χ4v) is 3.34. The van der Waals surface area contributed by atoms with Crippen LogP contribution in [0.3, 0.4) is 0 Å². The van der Waals surface area contributed by atoms with Crippen molar-refractivity contribution in [3.8, 4) is 0 Å².